The molecule has 16 heteroatoms. The Morgan fingerprint density at radius 2 is 1.32 bits per heavy atom. The number of nitrogens with one attached hydrogen (secondary N) is 1. The van der Waals surface area contributed by atoms with Crippen molar-refractivity contribution in [3.63, 3.8) is 0 Å². The highest BCUT2D eigenvalue weighted by molar-refractivity contribution is 8.45. The van der Waals surface area contributed by atoms with E-state index in [9.17, 15) is 55.7 Å². The second kappa shape index (κ2) is 7.63. The first kappa shape index (κ1) is 27.5. The molecule has 4 nitrogen and oxygen atoms in total. The number of ether oxygens (including phenoxy) is 1. The van der Waals surface area contributed by atoms with Crippen molar-refractivity contribution in [3.8, 4) is 5.75 Å². The number of halogens is 11. The van der Waals surface area contributed by atoms with Crippen molar-refractivity contribution < 1.29 is 60.4 Å². The lowest BCUT2D eigenvalue weighted by Gasteiger charge is -2.40. The van der Waals surface area contributed by atoms with Gasteiger partial charge in [0.15, 0.2) is 5.60 Å². The zero-order valence-electron chi connectivity index (χ0n) is 16.6. The number of anilines is 1. The summed E-state index contributed by atoms with van der Waals surface area (Å²) in [6.45, 7) is -0.440. The smallest absolute Gasteiger partial charge is 0.416 e. The predicted molar refractivity (Wildman–Crippen MR) is 99.0 cm³/mol. The minimum atomic E-state index is -9.97. The average molecular weight is 533 g/mol. The molecule has 1 unspecified atom stereocenters. The van der Waals surface area contributed by atoms with Crippen molar-refractivity contribution in [1.82, 2.24) is 0 Å². The predicted octanol–water partition coefficient (Wildman–Crippen LogP) is 7.15. The molecule has 1 atom stereocenters. The molecule has 0 aliphatic heterocycles. The molecule has 0 bridgehead atoms. The van der Waals surface area contributed by atoms with Gasteiger partial charge in [0.05, 0.1) is 11.1 Å². The van der Waals surface area contributed by atoms with Crippen LogP contribution in [-0.4, -0.2) is 23.2 Å². The first-order valence-electron chi connectivity index (χ1n) is 8.69. The van der Waals surface area contributed by atoms with Gasteiger partial charge in [-0.05, 0) is 49.4 Å². The van der Waals surface area contributed by atoms with Crippen molar-refractivity contribution in [2.24, 2.45) is 0 Å². The number of carbonyl (C=O) groups is 1. The van der Waals surface area contributed by atoms with E-state index in [0.29, 0.717) is 12.1 Å². The number of rotatable bonds is 6. The van der Waals surface area contributed by atoms with E-state index in [1.54, 1.807) is 0 Å². The Balaban J connectivity index is 2.18. The van der Waals surface area contributed by atoms with Crippen molar-refractivity contribution in [2.45, 2.75) is 29.8 Å². The standard InChI is InChI=1S/C18H14F11NO3S/c1-16(32,15(31)30-12-2-4-14(5-3-12)34(25,26,27,28)29)9-33-13-7-10(17(19,20)21)6-11(8-13)18(22,23)24/h2-8,32H,9H2,1H3,(H,30,31). The Morgan fingerprint density at radius 3 is 1.71 bits per heavy atom. The van der Waals surface area contributed by atoms with Crippen molar-refractivity contribution in [1.29, 1.82) is 0 Å². The molecule has 0 aromatic heterocycles. The molecule has 2 rings (SSSR count). The lowest BCUT2D eigenvalue weighted by molar-refractivity contribution is -0.143. The third-order valence-electron chi connectivity index (χ3n) is 4.13. The maximum absolute atomic E-state index is 12.9. The van der Waals surface area contributed by atoms with Gasteiger partial charge in [0.2, 0.25) is 0 Å². The highest BCUT2D eigenvalue weighted by Crippen LogP contribution is 3.02. The zero-order chi connectivity index (χ0) is 26.4. The molecule has 0 heterocycles. The minimum Gasteiger partial charge on any atom is -0.490 e. The van der Waals surface area contributed by atoms with Gasteiger partial charge in [-0.2, -0.15) is 26.3 Å². The van der Waals surface area contributed by atoms with E-state index in [1.165, 1.54) is 0 Å². The topological polar surface area (TPSA) is 58.6 Å². The second-order valence-corrected chi connectivity index (χ2v) is 9.66. The van der Waals surface area contributed by atoms with Gasteiger partial charge in [0, 0.05) is 5.69 Å². The lowest BCUT2D eigenvalue weighted by atomic mass is 10.1. The molecule has 2 aromatic rings. The summed E-state index contributed by atoms with van der Waals surface area (Å²) in [5, 5.41) is 12.0. The fourth-order valence-electron chi connectivity index (χ4n) is 2.36. The molecule has 0 saturated heterocycles. The molecule has 0 spiro atoms. The third kappa shape index (κ3) is 7.12. The Morgan fingerprint density at radius 1 is 0.882 bits per heavy atom. The summed E-state index contributed by atoms with van der Waals surface area (Å²) < 4.78 is 146. The monoisotopic (exact) mass is 533 g/mol. The largest absolute Gasteiger partial charge is 0.490 e. The van der Waals surface area contributed by atoms with Crippen LogP contribution in [0.1, 0.15) is 18.1 Å². The van der Waals surface area contributed by atoms with Crippen LogP contribution in [0, 0.1) is 0 Å². The van der Waals surface area contributed by atoms with E-state index < -0.39 is 68.2 Å². The van der Waals surface area contributed by atoms with Gasteiger partial charge in [-0.15, -0.1) is 0 Å². The van der Waals surface area contributed by atoms with Crippen LogP contribution < -0.4 is 10.1 Å². The average Bonchev–Trinajstić information content (AvgIpc) is 2.63. The summed E-state index contributed by atoms with van der Waals surface area (Å²) >= 11 is 0. The Labute approximate surface area is 184 Å². The van der Waals surface area contributed by atoms with E-state index in [1.807, 2.05) is 5.32 Å². The molecule has 0 aliphatic rings. The quantitative estimate of drug-likeness (QED) is 0.388. The van der Waals surface area contributed by atoms with Crippen LogP contribution in [0.4, 0.5) is 51.5 Å². The molecule has 0 aliphatic carbocycles. The van der Waals surface area contributed by atoms with Crippen LogP contribution in [0.3, 0.4) is 0 Å². The molecule has 192 valence electrons. The van der Waals surface area contributed by atoms with Crippen LogP contribution in [0.5, 0.6) is 5.75 Å². The SMILES string of the molecule is CC(O)(COc1cc(C(F)(F)F)cc(C(F)(F)F)c1)C(=O)Nc1ccc(S(F)(F)(F)(F)F)cc1. The highest BCUT2D eigenvalue weighted by atomic mass is 32.5. The number of aliphatic hydroxyl groups is 1. The van der Waals surface area contributed by atoms with E-state index >= 15 is 0 Å². The zero-order valence-corrected chi connectivity index (χ0v) is 17.4. The number of amides is 1. The normalized spacial score (nSPS) is 16.7. The molecule has 0 fully saturated rings. The molecular weight excluding hydrogens is 519 g/mol. The summed E-state index contributed by atoms with van der Waals surface area (Å²) in [5.41, 5.74) is -6.53. The molecule has 34 heavy (non-hydrogen) atoms. The summed E-state index contributed by atoms with van der Waals surface area (Å²) in [6, 6.07) is 1.07. The van der Waals surface area contributed by atoms with Gasteiger partial charge in [-0.1, -0.05) is 19.4 Å². The summed E-state index contributed by atoms with van der Waals surface area (Å²) in [5.74, 6) is -2.40. The molecule has 1 amide bonds. The molecule has 2 aromatic carbocycles. The Hall–Kier alpha value is -2.75. The third-order valence-corrected chi connectivity index (χ3v) is 5.29. The maximum Gasteiger partial charge on any atom is 0.416 e. The van der Waals surface area contributed by atoms with Gasteiger partial charge in [0.25, 0.3) is 5.91 Å². The van der Waals surface area contributed by atoms with Crippen LogP contribution in [0.15, 0.2) is 47.4 Å². The second-order valence-electron chi connectivity index (χ2n) is 7.25. The fourth-order valence-corrected chi connectivity index (χ4v) is 3.01. The maximum atomic E-state index is 12.9. The lowest BCUT2D eigenvalue weighted by Crippen LogP contribution is -2.45. The van der Waals surface area contributed by atoms with E-state index in [-0.39, 0.29) is 30.3 Å². The van der Waals surface area contributed by atoms with Gasteiger partial charge < -0.3 is 15.2 Å². The van der Waals surface area contributed by atoms with E-state index in [0.717, 1.165) is 6.92 Å². The van der Waals surface area contributed by atoms with Crippen LogP contribution in [0.25, 0.3) is 0 Å². The van der Waals surface area contributed by atoms with Crippen molar-refractivity contribution in [2.75, 3.05) is 11.9 Å². The highest BCUT2D eigenvalue weighted by Gasteiger charge is 2.65. The molecule has 0 saturated carbocycles. The van der Waals surface area contributed by atoms with E-state index in [2.05, 4.69) is 0 Å². The molecule has 2 N–H and O–H groups in total. The molecular formula is C18H14F11NO3S. The number of alkyl halides is 6. The first-order chi connectivity index (χ1) is 14.9. The van der Waals surface area contributed by atoms with Crippen LogP contribution >= 0.6 is 10.2 Å². The number of carbonyl (C=O) groups excluding carboxylic acids is 1. The summed E-state index contributed by atoms with van der Waals surface area (Å²) in [7, 11) is -9.97. The van der Waals surface area contributed by atoms with Gasteiger partial charge in [-0.3, -0.25) is 4.79 Å². The number of hydrogen-bond donors (Lipinski definition) is 2. The minimum absolute atomic E-state index is 0.0241. The van der Waals surface area contributed by atoms with Crippen molar-refractivity contribution >= 4 is 21.8 Å². The van der Waals surface area contributed by atoms with Crippen LogP contribution in [-0.2, 0) is 17.1 Å². The molecule has 0 radical (unpaired) electrons. The first-order valence-corrected chi connectivity index (χ1v) is 10.6. The number of benzene rings is 2. The van der Waals surface area contributed by atoms with Crippen LogP contribution in [0.2, 0.25) is 0 Å². The fraction of sp³-hybridized carbons (Fsp3) is 0.278. The Bertz CT molecular complexity index is 1040. The number of hydrogen-bond acceptors (Lipinski definition) is 3. The van der Waals surface area contributed by atoms with Gasteiger partial charge >= 0.3 is 22.6 Å². The summed E-state index contributed by atoms with van der Waals surface area (Å²) in [6.07, 6.45) is -10.4. The van der Waals surface area contributed by atoms with Gasteiger partial charge in [-0.25, -0.2) is 0 Å². The van der Waals surface area contributed by atoms with Gasteiger partial charge in [0.1, 0.15) is 17.3 Å². The Kier molecular flexibility index (Phi) is 6.17. The van der Waals surface area contributed by atoms with E-state index in [4.69, 9.17) is 4.74 Å². The van der Waals surface area contributed by atoms with Crippen molar-refractivity contribution in [3.05, 3.63) is 53.6 Å². The summed E-state index contributed by atoms with van der Waals surface area (Å²) in [4.78, 5) is 9.90.